The molecule has 3 rings (SSSR count). The fourth-order valence-corrected chi connectivity index (χ4v) is 4.73. The van der Waals surface area contributed by atoms with Gasteiger partial charge in [-0.2, -0.15) is 0 Å². The van der Waals surface area contributed by atoms with E-state index in [2.05, 4.69) is 24.1 Å². The highest BCUT2D eigenvalue weighted by Crippen LogP contribution is 2.33. The van der Waals surface area contributed by atoms with Crippen LogP contribution in [-0.2, 0) is 0 Å². The normalized spacial score (nSPS) is 11.0. The van der Waals surface area contributed by atoms with Crippen LogP contribution in [0, 0.1) is 0 Å². The van der Waals surface area contributed by atoms with E-state index in [0.717, 1.165) is 19.8 Å². The number of rotatable bonds is 5. The molecule has 2 heterocycles. The molecule has 0 saturated carbocycles. The first kappa shape index (κ1) is 17.5. The van der Waals surface area contributed by atoms with Crippen LogP contribution < -0.4 is 5.32 Å². The highest BCUT2D eigenvalue weighted by atomic mass is 35.5. The molecule has 2 aromatic heterocycles. The van der Waals surface area contributed by atoms with Gasteiger partial charge in [-0.1, -0.05) is 31.5 Å². The minimum Gasteiger partial charge on any atom is -0.298 e. The molecule has 3 nitrogen and oxygen atoms in total. The molecule has 0 aliphatic rings. The van der Waals surface area contributed by atoms with Crippen LogP contribution in [0.3, 0.4) is 0 Å². The van der Waals surface area contributed by atoms with Crippen LogP contribution >= 0.6 is 46.0 Å². The number of anilines is 1. The Balaban J connectivity index is 1.72. The Bertz CT molecular complexity index is 857. The molecule has 0 spiro atoms. The molecule has 0 atom stereocenters. The Kier molecular flexibility index (Phi) is 5.61. The van der Waals surface area contributed by atoms with Gasteiger partial charge >= 0.3 is 0 Å². The Morgan fingerprint density at radius 2 is 2.12 bits per heavy atom. The molecule has 0 aliphatic carbocycles. The van der Waals surface area contributed by atoms with Crippen LogP contribution in [0.2, 0.25) is 4.34 Å². The molecule has 0 unspecified atom stereocenters. The number of halogens is 1. The summed E-state index contributed by atoms with van der Waals surface area (Å²) in [7, 11) is 0. The van der Waals surface area contributed by atoms with Crippen molar-refractivity contribution < 1.29 is 4.79 Å². The predicted molar refractivity (Wildman–Crippen MR) is 106 cm³/mol. The number of amides is 1. The molecule has 7 heteroatoms. The standard InChI is InChI=1S/C17H15ClN2OS3/c1-10(2)23-12-5-3-4-11(8-12)16(21)20-17-19-13(9-22-17)14-6-7-15(18)24-14/h3-10H,1-2H3,(H,19,20,21). The van der Waals surface area contributed by atoms with Crippen molar-refractivity contribution in [1.82, 2.24) is 4.98 Å². The molecule has 0 aliphatic heterocycles. The predicted octanol–water partition coefficient (Wildman–Crippen LogP) is 6.28. The number of benzene rings is 1. The number of thioether (sulfide) groups is 1. The van der Waals surface area contributed by atoms with E-state index >= 15 is 0 Å². The van der Waals surface area contributed by atoms with Gasteiger partial charge in [0.1, 0.15) is 0 Å². The second-order valence-electron chi connectivity index (χ2n) is 5.29. The minimum atomic E-state index is -0.147. The van der Waals surface area contributed by atoms with Gasteiger partial charge in [0.05, 0.1) is 14.9 Å². The van der Waals surface area contributed by atoms with Crippen molar-refractivity contribution in [3.63, 3.8) is 0 Å². The van der Waals surface area contributed by atoms with Crippen molar-refractivity contribution in [2.45, 2.75) is 24.0 Å². The highest BCUT2D eigenvalue weighted by molar-refractivity contribution is 7.99. The molecule has 24 heavy (non-hydrogen) atoms. The number of thiazole rings is 1. The first-order valence-electron chi connectivity index (χ1n) is 7.30. The molecular weight excluding hydrogens is 380 g/mol. The van der Waals surface area contributed by atoms with Crippen LogP contribution in [-0.4, -0.2) is 16.1 Å². The summed E-state index contributed by atoms with van der Waals surface area (Å²) in [5.41, 5.74) is 1.47. The summed E-state index contributed by atoms with van der Waals surface area (Å²) in [6, 6.07) is 11.4. The van der Waals surface area contributed by atoms with Crippen LogP contribution in [0.25, 0.3) is 10.6 Å². The second-order valence-corrected chi connectivity index (χ2v) is 9.51. The van der Waals surface area contributed by atoms with E-state index in [4.69, 9.17) is 11.6 Å². The van der Waals surface area contributed by atoms with E-state index in [1.807, 2.05) is 41.8 Å². The topological polar surface area (TPSA) is 42.0 Å². The zero-order chi connectivity index (χ0) is 17.1. The van der Waals surface area contributed by atoms with Gasteiger partial charge in [-0.25, -0.2) is 4.98 Å². The third kappa shape index (κ3) is 4.39. The molecule has 0 bridgehead atoms. The maximum absolute atomic E-state index is 12.4. The van der Waals surface area contributed by atoms with Crippen molar-refractivity contribution in [1.29, 1.82) is 0 Å². The van der Waals surface area contributed by atoms with Crippen molar-refractivity contribution in [3.8, 4) is 10.6 Å². The lowest BCUT2D eigenvalue weighted by molar-refractivity contribution is 0.102. The second kappa shape index (κ2) is 7.70. The number of hydrogen-bond donors (Lipinski definition) is 1. The fraction of sp³-hybridized carbons (Fsp3) is 0.176. The first-order chi connectivity index (χ1) is 11.5. The van der Waals surface area contributed by atoms with Gasteiger partial charge in [0.25, 0.3) is 5.91 Å². The quantitative estimate of drug-likeness (QED) is 0.518. The van der Waals surface area contributed by atoms with Crippen LogP contribution in [0.1, 0.15) is 24.2 Å². The lowest BCUT2D eigenvalue weighted by atomic mass is 10.2. The SMILES string of the molecule is CC(C)Sc1cccc(C(=O)Nc2nc(-c3ccc(Cl)s3)cs2)c1. The van der Waals surface area contributed by atoms with Gasteiger partial charge in [-0.05, 0) is 30.3 Å². The maximum atomic E-state index is 12.4. The van der Waals surface area contributed by atoms with E-state index in [0.29, 0.717) is 15.9 Å². The minimum absolute atomic E-state index is 0.147. The van der Waals surface area contributed by atoms with Crippen molar-refractivity contribution >= 4 is 57.1 Å². The summed E-state index contributed by atoms with van der Waals surface area (Å²) in [5.74, 6) is -0.147. The van der Waals surface area contributed by atoms with E-state index < -0.39 is 0 Å². The van der Waals surface area contributed by atoms with E-state index in [-0.39, 0.29) is 5.91 Å². The van der Waals surface area contributed by atoms with Gasteiger partial charge in [-0.3, -0.25) is 10.1 Å². The lowest BCUT2D eigenvalue weighted by Gasteiger charge is -2.07. The van der Waals surface area contributed by atoms with E-state index in [1.165, 1.54) is 22.7 Å². The molecule has 1 amide bonds. The van der Waals surface area contributed by atoms with Gasteiger partial charge < -0.3 is 0 Å². The summed E-state index contributed by atoms with van der Waals surface area (Å²) in [5, 5.41) is 5.85. The monoisotopic (exact) mass is 394 g/mol. The summed E-state index contributed by atoms with van der Waals surface area (Å²) in [4.78, 5) is 19.0. The van der Waals surface area contributed by atoms with Crippen molar-refractivity contribution in [2.24, 2.45) is 0 Å². The fourth-order valence-electron chi connectivity index (χ4n) is 2.05. The zero-order valence-corrected chi connectivity index (χ0v) is 16.3. The third-order valence-electron chi connectivity index (χ3n) is 3.02. The Morgan fingerprint density at radius 3 is 2.83 bits per heavy atom. The third-order valence-corrected chi connectivity index (χ3v) is 6.03. The molecule has 124 valence electrons. The summed E-state index contributed by atoms with van der Waals surface area (Å²) >= 11 is 10.6. The summed E-state index contributed by atoms with van der Waals surface area (Å²) < 4.78 is 0.725. The highest BCUT2D eigenvalue weighted by Gasteiger charge is 2.12. The maximum Gasteiger partial charge on any atom is 0.257 e. The van der Waals surface area contributed by atoms with Gasteiger partial charge in [0, 0.05) is 21.1 Å². The van der Waals surface area contributed by atoms with Crippen molar-refractivity contribution in [3.05, 3.63) is 51.7 Å². The summed E-state index contributed by atoms with van der Waals surface area (Å²) in [6.45, 7) is 4.26. The van der Waals surface area contributed by atoms with E-state index in [9.17, 15) is 4.79 Å². The average molecular weight is 395 g/mol. The molecule has 3 aromatic rings. The average Bonchev–Trinajstić information content (AvgIpc) is 3.16. The van der Waals surface area contributed by atoms with Crippen LogP contribution in [0.4, 0.5) is 5.13 Å². The number of nitrogens with one attached hydrogen (secondary N) is 1. The van der Waals surface area contributed by atoms with Crippen LogP contribution in [0.15, 0.2) is 46.7 Å². The van der Waals surface area contributed by atoms with E-state index in [1.54, 1.807) is 11.8 Å². The Labute approximate surface area is 158 Å². The number of carbonyl (C=O) groups is 1. The van der Waals surface area contributed by atoms with Crippen LogP contribution in [0.5, 0.6) is 0 Å². The summed E-state index contributed by atoms with van der Waals surface area (Å²) in [6.07, 6.45) is 0. The number of carbonyl (C=O) groups excluding carboxylic acids is 1. The molecule has 0 saturated heterocycles. The van der Waals surface area contributed by atoms with Gasteiger partial charge in [-0.15, -0.1) is 34.4 Å². The molecular formula is C17H15ClN2OS3. The van der Waals surface area contributed by atoms with Gasteiger partial charge in [0.15, 0.2) is 5.13 Å². The number of nitrogens with zero attached hydrogens (tertiary/aromatic N) is 1. The number of hydrogen-bond acceptors (Lipinski definition) is 5. The zero-order valence-electron chi connectivity index (χ0n) is 13.1. The van der Waals surface area contributed by atoms with Crippen molar-refractivity contribution in [2.75, 3.05) is 5.32 Å². The lowest BCUT2D eigenvalue weighted by Crippen LogP contribution is -2.11. The largest absolute Gasteiger partial charge is 0.298 e. The first-order valence-corrected chi connectivity index (χ1v) is 10.3. The smallest absolute Gasteiger partial charge is 0.257 e. The Hall–Kier alpha value is -1.34. The molecule has 0 fully saturated rings. The molecule has 0 radical (unpaired) electrons. The van der Waals surface area contributed by atoms with Gasteiger partial charge in [0.2, 0.25) is 0 Å². The number of thiophene rings is 1. The molecule has 1 aromatic carbocycles. The molecule has 1 N–H and O–H groups in total. The Morgan fingerprint density at radius 1 is 1.29 bits per heavy atom. The number of aromatic nitrogens is 1.